The van der Waals surface area contributed by atoms with Gasteiger partial charge in [0.1, 0.15) is 5.84 Å². The van der Waals surface area contributed by atoms with E-state index in [1.165, 1.54) is 12.2 Å². The highest BCUT2D eigenvalue weighted by Gasteiger charge is 2.11. The Hall–Kier alpha value is -3.75. The average molecular weight is 392 g/mol. The number of allylic oxidation sites excluding steroid dienone is 5. The van der Waals surface area contributed by atoms with Gasteiger partial charge < -0.3 is 10.3 Å². The Balaban J connectivity index is 0.00000145. The minimum atomic E-state index is -0.401. The van der Waals surface area contributed by atoms with Gasteiger partial charge in [0.2, 0.25) is 0 Å². The van der Waals surface area contributed by atoms with Crippen LogP contribution in [0.5, 0.6) is 0 Å². The lowest BCUT2D eigenvalue weighted by Crippen LogP contribution is -2.10. The predicted molar refractivity (Wildman–Crippen MR) is 118 cm³/mol. The van der Waals surface area contributed by atoms with Crippen LogP contribution >= 0.6 is 0 Å². The highest BCUT2D eigenvalue weighted by atomic mass is 16.6. The molecule has 3 rings (SSSR count). The topological polar surface area (TPSA) is 150 Å². The van der Waals surface area contributed by atoms with Crippen LogP contribution in [0.15, 0.2) is 78.5 Å². The smallest absolute Gasteiger partial charge is 0.269 e. The van der Waals surface area contributed by atoms with Crippen LogP contribution in [0.1, 0.15) is 12.5 Å². The Kier molecular flexibility index (Phi) is 7.41. The lowest BCUT2D eigenvalue weighted by atomic mass is 10.1. The van der Waals surface area contributed by atoms with Crippen molar-refractivity contribution < 1.29 is 4.92 Å². The number of fused-ring (bicyclic) bond motifs is 3. The number of nitrogen functional groups attached to an aromatic ring is 1. The molecular formula is C21H24N6O2. The second kappa shape index (κ2) is 9.98. The van der Waals surface area contributed by atoms with E-state index in [1.807, 2.05) is 49.4 Å². The maximum atomic E-state index is 11.1. The molecule has 0 spiro atoms. The number of nitrogens with one attached hydrogen (secondary N) is 1. The van der Waals surface area contributed by atoms with Gasteiger partial charge in [0.05, 0.1) is 4.92 Å². The summed E-state index contributed by atoms with van der Waals surface area (Å²) in [5.41, 5.74) is 8.35. The van der Waals surface area contributed by atoms with Crippen LogP contribution in [0.3, 0.4) is 0 Å². The molecule has 29 heavy (non-hydrogen) atoms. The number of amidine groups is 1. The zero-order valence-electron chi connectivity index (χ0n) is 16.1. The van der Waals surface area contributed by atoms with Crippen LogP contribution in [-0.2, 0) is 6.54 Å². The van der Waals surface area contributed by atoms with Crippen LogP contribution < -0.4 is 17.4 Å². The van der Waals surface area contributed by atoms with E-state index in [-0.39, 0.29) is 11.5 Å². The number of aromatic nitrogens is 1. The summed E-state index contributed by atoms with van der Waals surface area (Å²) < 4.78 is 2.10. The maximum Gasteiger partial charge on any atom is 0.269 e. The van der Waals surface area contributed by atoms with E-state index in [1.54, 1.807) is 18.2 Å². The fourth-order valence-electron chi connectivity index (χ4n) is 3.07. The fourth-order valence-corrected chi connectivity index (χ4v) is 3.07. The molecule has 0 unspecified atom stereocenters. The molecule has 8 nitrogen and oxygen atoms in total. The third-order valence-electron chi connectivity index (χ3n) is 4.33. The van der Waals surface area contributed by atoms with E-state index in [9.17, 15) is 10.1 Å². The highest BCUT2D eigenvalue weighted by Crippen LogP contribution is 2.29. The number of nitrogens with zero attached hydrogens (tertiary/aromatic N) is 2. The van der Waals surface area contributed by atoms with Gasteiger partial charge in [-0.1, -0.05) is 36.4 Å². The lowest BCUT2D eigenvalue weighted by molar-refractivity contribution is -0.419. The van der Waals surface area contributed by atoms with Crippen LogP contribution in [0.25, 0.3) is 21.8 Å². The molecule has 0 aliphatic rings. The number of nitrogens with two attached hydrogens (primary N) is 3. The summed E-state index contributed by atoms with van der Waals surface area (Å²) >= 11 is 0. The second-order valence-corrected chi connectivity index (χ2v) is 6.05. The predicted octanol–water partition coefficient (Wildman–Crippen LogP) is 3.19. The van der Waals surface area contributed by atoms with E-state index >= 15 is 0 Å². The van der Waals surface area contributed by atoms with Crippen LogP contribution in [0.4, 0.5) is 0 Å². The molecule has 7 N–H and O–H groups in total. The number of nitro groups is 1. The summed E-state index contributed by atoms with van der Waals surface area (Å²) in [5.74, 6) is 8.03. The maximum absolute atomic E-state index is 11.1. The number of para-hydroxylation sites is 1. The third kappa shape index (κ3) is 4.75. The SMILES string of the molecule is C\C=C/C=C(\C=C\Cn1c2ccccc2c2cc(C(=N)N)ccc21)[N+](=O)[O-].NN. The van der Waals surface area contributed by atoms with E-state index in [0.29, 0.717) is 12.1 Å². The number of hydrogen-bond acceptors (Lipinski definition) is 5. The molecule has 1 aromatic heterocycles. The molecule has 0 amide bonds. The van der Waals surface area contributed by atoms with E-state index in [2.05, 4.69) is 16.3 Å². The molecule has 0 aliphatic heterocycles. The van der Waals surface area contributed by atoms with Gasteiger partial charge in [-0.05, 0) is 31.2 Å². The molecule has 2 aromatic carbocycles. The first-order valence-corrected chi connectivity index (χ1v) is 8.85. The van der Waals surface area contributed by atoms with Crippen molar-refractivity contribution in [3.05, 3.63) is 94.2 Å². The molecule has 0 saturated carbocycles. The Morgan fingerprint density at radius 1 is 1.17 bits per heavy atom. The van der Waals surface area contributed by atoms with Crippen LogP contribution in [0.2, 0.25) is 0 Å². The highest BCUT2D eigenvalue weighted by molar-refractivity contribution is 6.10. The van der Waals surface area contributed by atoms with E-state index in [0.717, 1.165) is 21.8 Å². The van der Waals surface area contributed by atoms with Crippen LogP contribution in [0, 0.1) is 15.5 Å². The van der Waals surface area contributed by atoms with Gasteiger partial charge in [0.15, 0.2) is 0 Å². The third-order valence-corrected chi connectivity index (χ3v) is 4.33. The van der Waals surface area contributed by atoms with Crippen molar-refractivity contribution in [3.63, 3.8) is 0 Å². The molecular weight excluding hydrogens is 368 g/mol. The van der Waals surface area contributed by atoms with E-state index < -0.39 is 4.92 Å². The fraction of sp³-hybridized carbons (Fsp3) is 0.0952. The molecule has 3 aromatic rings. The normalized spacial score (nSPS) is 11.9. The van der Waals surface area contributed by atoms with Crippen molar-refractivity contribution in [1.29, 1.82) is 5.41 Å². The average Bonchev–Trinajstić information content (AvgIpc) is 3.05. The zero-order valence-corrected chi connectivity index (χ0v) is 16.1. The summed E-state index contributed by atoms with van der Waals surface area (Å²) in [7, 11) is 0. The first kappa shape index (κ1) is 21.5. The van der Waals surface area contributed by atoms with Crippen molar-refractivity contribution >= 4 is 27.6 Å². The molecule has 0 atom stereocenters. The number of rotatable bonds is 6. The van der Waals surface area contributed by atoms with Gasteiger partial charge in [0, 0.05) is 46.1 Å². The molecule has 0 fully saturated rings. The van der Waals surface area contributed by atoms with Crippen molar-refractivity contribution in [2.45, 2.75) is 13.5 Å². The molecule has 8 heteroatoms. The van der Waals surface area contributed by atoms with Gasteiger partial charge in [-0.3, -0.25) is 27.2 Å². The largest absolute Gasteiger partial charge is 0.384 e. The van der Waals surface area contributed by atoms with Gasteiger partial charge >= 0.3 is 0 Å². The quantitative estimate of drug-likeness (QED) is 0.127. The Morgan fingerprint density at radius 2 is 1.86 bits per heavy atom. The molecule has 0 aliphatic carbocycles. The standard InChI is InChI=1S/C21H20N4O2.H4N2/c1-2-3-7-16(25(26)27)8-6-13-24-19-10-5-4-9-17(19)18-14-15(21(22)23)11-12-20(18)24;1-2/h2-12,14H,13H2,1H3,(H3,22,23);1-2H2/b3-2-,8-6+,16-7+;. The van der Waals surface area contributed by atoms with Crippen molar-refractivity contribution in [2.24, 2.45) is 17.4 Å². The summed E-state index contributed by atoms with van der Waals surface area (Å²) in [5, 5.41) is 20.9. The first-order valence-electron chi connectivity index (χ1n) is 8.85. The summed E-state index contributed by atoms with van der Waals surface area (Å²) in [6, 6.07) is 13.6. The van der Waals surface area contributed by atoms with Crippen molar-refractivity contribution in [1.82, 2.24) is 4.57 Å². The summed E-state index contributed by atoms with van der Waals surface area (Å²) in [6.07, 6.45) is 8.16. The van der Waals surface area contributed by atoms with Gasteiger partial charge in [-0.2, -0.15) is 0 Å². The number of hydrazine groups is 1. The number of benzene rings is 2. The monoisotopic (exact) mass is 392 g/mol. The van der Waals surface area contributed by atoms with E-state index in [4.69, 9.17) is 11.1 Å². The number of hydrogen-bond donors (Lipinski definition) is 4. The summed E-state index contributed by atoms with van der Waals surface area (Å²) in [4.78, 5) is 10.7. The second-order valence-electron chi connectivity index (χ2n) is 6.05. The minimum absolute atomic E-state index is 0.0263. The Labute approximate surface area is 168 Å². The van der Waals surface area contributed by atoms with Gasteiger partial charge in [-0.25, -0.2) is 0 Å². The Morgan fingerprint density at radius 3 is 2.52 bits per heavy atom. The van der Waals surface area contributed by atoms with Gasteiger partial charge in [-0.15, -0.1) is 0 Å². The minimum Gasteiger partial charge on any atom is -0.384 e. The Bertz CT molecular complexity index is 1120. The zero-order chi connectivity index (χ0) is 21.4. The molecule has 150 valence electrons. The van der Waals surface area contributed by atoms with Crippen molar-refractivity contribution in [2.75, 3.05) is 0 Å². The molecule has 0 radical (unpaired) electrons. The molecule has 0 saturated heterocycles. The van der Waals surface area contributed by atoms with Gasteiger partial charge in [0.25, 0.3) is 5.70 Å². The molecule has 0 bridgehead atoms. The first-order chi connectivity index (χ1) is 14.0. The van der Waals surface area contributed by atoms with Crippen LogP contribution in [-0.4, -0.2) is 15.3 Å². The van der Waals surface area contributed by atoms with Crippen molar-refractivity contribution in [3.8, 4) is 0 Å². The molecule has 1 heterocycles. The summed E-state index contributed by atoms with van der Waals surface area (Å²) in [6.45, 7) is 2.30. The lowest BCUT2D eigenvalue weighted by Gasteiger charge is -2.04.